The molecule has 7 nitrogen and oxygen atoms in total. The Balaban J connectivity index is 1.46. The standard InChI is InChI=1S/C16H23N4O3P/c17-7-13-8-19(16(21)23-13)12-3-1-11(2-4-12)18-9-14-15(10-18)22-6-5-20(14)24/h1-4,13-15H,5-10,17,24H2. The summed E-state index contributed by atoms with van der Waals surface area (Å²) in [6.07, 6.45) is -0.281. The molecule has 0 aliphatic carbocycles. The molecule has 1 aromatic carbocycles. The SMILES string of the molecule is NCC1CN(c2ccc(N3CC4OCCN(P)C4C3)cc2)C(=O)O1. The number of nitrogens with zero attached hydrogens (tertiary/aromatic N) is 3. The van der Waals surface area contributed by atoms with Crippen molar-refractivity contribution in [3.63, 3.8) is 0 Å². The first-order chi connectivity index (χ1) is 11.7. The van der Waals surface area contributed by atoms with E-state index in [4.69, 9.17) is 15.2 Å². The van der Waals surface area contributed by atoms with E-state index in [1.165, 1.54) is 0 Å². The molecular weight excluding hydrogens is 327 g/mol. The first-order valence-electron chi connectivity index (χ1n) is 8.32. The number of cyclic esters (lactones) is 1. The average Bonchev–Trinajstić information content (AvgIpc) is 3.19. The molecule has 4 rings (SSSR count). The lowest BCUT2D eigenvalue weighted by Crippen LogP contribution is -2.45. The Morgan fingerprint density at radius 3 is 2.58 bits per heavy atom. The molecule has 1 amide bonds. The van der Waals surface area contributed by atoms with Crippen LogP contribution in [-0.2, 0) is 9.47 Å². The van der Waals surface area contributed by atoms with Gasteiger partial charge in [0.25, 0.3) is 0 Å². The summed E-state index contributed by atoms with van der Waals surface area (Å²) in [6, 6.07) is 8.47. The Labute approximate surface area is 143 Å². The topological polar surface area (TPSA) is 71.3 Å². The number of morpholine rings is 1. The van der Waals surface area contributed by atoms with Crippen LogP contribution in [0.5, 0.6) is 0 Å². The molecule has 1 aromatic rings. The molecule has 3 aliphatic heterocycles. The molecule has 8 heteroatoms. The van der Waals surface area contributed by atoms with Crippen molar-refractivity contribution in [2.24, 2.45) is 5.73 Å². The number of benzene rings is 1. The Morgan fingerprint density at radius 2 is 1.92 bits per heavy atom. The van der Waals surface area contributed by atoms with Crippen molar-refractivity contribution >= 4 is 26.9 Å². The summed E-state index contributed by atoms with van der Waals surface area (Å²) in [4.78, 5) is 15.9. The van der Waals surface area contributed by atoms with E-state index in [-0.39, 0.29) is 18.3 Å². The molecule has 4 atom stereocenters. The number of rotatable bonds is 3. The average molecular weight is 350 g/mol. The third kappa shape index (κ3) is 2.86. The van der Waals surface area contributed by atoms with Crippen LogP contribution in [0.1, 0.15) is 0 Å². The molecule has 2 N–H and O–H groups in total. The van der Waals surface area contributed by atoms with Crippen molar-refractivity contribution in [1.82, 2.24) is 4.67 Å². The van der Waals surface area contributed by atoms with Gasteiger partial charge in [0.2, 0.25) is 0 Å². The number of carbonyl (C=O) groups excluding carboxylic acids is 1. The summed E-state index contributed by atoms with van der Waals surface area (Å²) in [5, 5.41) is 0. The number of fused-ring (bicyclic) bond motifs is 1. The van der Waals surface area contributed by atoms with Crippen LogP contribution in [0, 0.1) is 0 Å². The van der Waals surface area contributed by atoms with Gasteiger partial charge in [-0.25, -0.2) is 4.79 Å². The Kier molecular flexibility index (Phi) is 4.35. The smallest absolute Gasteiger partial charge is 0.414 e. The molecule has 0 radical (unpaired) electrons. The second-order valence-corrected chi connectivity index (χ2v) is 7.15. The third-order valence-corrected chi connectivity index (χ3v) is 5.65. The van der Waals surface area contributed by atoms with Gasteiger partial charge in [-0.2, -0.15) is 0 Å². The maximum absolute atomic E-state index is 11.9. The second kappa shape index (κ2) is 6.48. The first kappa shape index (κ1) is 16.1. The van der Waals surface area contributed by atoms with Crippen LogP contribution in [0.15, 0.2) is 24.3 Å². The molecule has 0 saturated carbocycles. The van der Waals surface area contributed by atoms with Crippen LogP contribution in [0.3, 0.4) is 0 Å². The van der Waals surface area contributed by atoms with E-state index in [9.17, 15) is 4.79 Å². The number of hydrogen-bond donors (Lipinski definition) is 1. The molecule has 3 fully saturated rings. The minimum absolute atomic E-state index is 0.218. The number of nitrogens with two attached hydrogens (primary N) is 1. The van der Waals surface area contributed by atoms with Gasteiger partial charge in [0, 0.05) is 37.6 Å². The summed E-state index contributed by atoms with van der Waals surface area (Å²) < 4.78 is 13.4. The van der Waals surface area contributed by atoms with Gasteiger partial charge in [-0.1, -0.05) is 9.39 Å². The van der Waals surface area contributed by atoms with E-state index in [2.05, 4.69) is 31.1 Å². The lowest BCUT2D eigenvalue weighted by Gasteiger charge is -2.33. The lowest BCUT2D eigenvalue weighted by molar-refractivity contribution is -0.0115. The van der Waals surface area contributed by atoms with Crippen LogP contribution >= 0.6 is 9.39 Å². The monoisotopic (exact) mass is 350 g/mol. The summed E-state index contributed by atoms with van der Waals surface area (Å²) >= 11 is 0. The van der Waals surface area contributed by atoms with Crippen LogP contribution in [0.4, 0.5) is 16.2 Å². The van der Waals surface area contributed by atoms with Crippen molar-refractivity contribution in [3.05, 3.63) is 24.3 Å². The molecule has 24 heavy (non-hydrogen) atoms. The largest absolute Gasteiger partial charge is 0.443 e. The van der Waals surface area contributed by atoms with Gasteiger partial charge in [0.05, 0.1) is 25.3 Å². The number of anilines is 2. The second-order valence-electron chi connectivity index (χ2n) is 6.49. The fraction of sp³-hybridized carbons (Fsp3) is 0.562. The molecule has 130 valence electrons. The van der Waals surface area contributed by atoms with Crippen molar-refractivity contribution in [1.29, 1.82) is 0 Å². The van der Waals surface area contributed by atoms with Crippen molar-refractivity contribution < 1.29 is 14.3 Å². The number of carbonyl (C=O) groups is 1. The van der Waals surface area contributed by atoms with E-state index in [0.717, 1.165) is 37.6 Å². The number of hydrogen-bond acceptors (Lipinski definition) is 6. The predicted molar refractivity (Wildman–Crippen MR) is 95.3 cm³/mol. The van der Waals surface area contributed by atoms with Crippen LogP contribution in [-0.4, -0.2) is 68.3 Å². The van der Waals surface area contributed by atoms with E-state index in [1.54, 1.807) is 4.90 Å². The van der Waals surface area contributed by atoms with Crippen LogP contribution in [0.2, 0.25) is 0 Å². The van der Waals surface area contributed by atoms with E-state index in [1.807, 2.05) is 12.1 Å². The Bertz CT molecular complexity index is 614. The quantitative estimate of drug-likeness (QED) is 0.807. The van der Waals surface area contributed by atoms with E-state index in [0.29, 0.717) is 19.1 Å². The van der Waals surface area contributed by atoms with Gasteiger partial charge in [-0.3, -0.25) is 9.57 Å². The molecule has 3 heterocycles. The number of amides is 1. The lowest BCUT2D eigenvalue weighted by atomic mass is 10.2. The van der Waals surface area contributed by atoms with Gasteiger partial charge in [0.15, 0.2) is 0 Å². The normalized spacial score (nSPS) is 30.6. The summed E-state index contributed by atoms with van der Waals surface area (Å²) in [6.45, 7) is 4.46. The maximum Gasteiger partial charge on any atom is 0.414 e. The molecule has 3 aliphatic rings. The van der Waals surface area contributed by atoms with E-state index < -0.39 is 0 Å². The zero-order valence-electron chi connectivity index (χ0n) is 13.5. The van der Waals surface area contributed by atoms with Gasteiger partial charge >= 0.3 is 6.09 Å². The zero-order valence-corrected chi connectivity index (χ0v) is 14.7. The molecule has 3 saturated heterocycles. The van der Waals surface area contributed by atoms with Crippen molar-refractivity contribution in [2.45, 2.75) is 18.2 Å². The predicted octanol–water partition coefficient (Wildman–Crippen LogP) is 0.650. The van der Waals surface area contributed by atoms with Gasteiger partial charge < -0.3 is 20.1 Å². The summed E-state index contributed by atoms with van der Waals surface area (Å²) in [5.74, 6) is 0. The molecule has 0 spiro atoms. The van der Waals surface area contributed by atoms with Gasteiger partial charge in [-0.05, 0) is 24.3 Å². The van der Waals surface area contributed by atoms with Crippen LogP contribution in [0.25, 0.3) is 0 Å². The third-order valence-electron chi connectivity index (χ3n) is 5.01. The highest BCUT2D eigenvalue weighted by molar-refractivity contribution is 7.13. The van der Waals surface area contributed by atoms with Gasteiger partial charge in [-0.15, -0.1) is 0 Å². The molecule has 0 aromatic heterocycles. The minimum atomic E-state index is -0.322. The molecule has 0 bridgehead atoms. The summed E-state index contributed by atoms with van der Waals surface area (Å²) in [5.41, 5.74) is 7.58. The van der Waals surface area contributed by atoms with Gasteiger partial charge in [0.1, 0.15) is 6.10 Å². The fourth-order valence-electron chi connectivity index (χ4n) is 3.62. The summed E-state index contributed by atoms with van der Waals surface area (Å²) in [7, 11) is 2.82. The fourth-order valence-corrected chi connectivity index (χ4v) is 4.02. The molecular formula is C16H23N4O3P. The Morgan fingerprint density at radius 1 is 1.17 bits per heavy atom. The highest BCUT2D eigenvalue weighted by Gasteiger charge is 2.39. The first-order valence-corrected chi connectivity index (χ1v) is 8.83. The highest BCUT2D eigenvalue weighted by Crippen LogP contribution is 2.31. The molecule has 4 unspecified atom stereocenters. The van der Waals surface area contributed by atoms with Crippen molar-refractivity contribution in [2.75, 3.05) is 49.1 Å². The highest BCUT2D eigenvalue weighted by atomic mass is 31.0. The van der Waals surface area contributed by atoms with E-state index >= 15 is 0 Å². The van der Waals surface area contributed by atoms with Crippen molar-refractivity contribution in [3.8, 4) is 0 Å². The number of ether oxygens (including phenoxy) is 2. The minimum Gasteiger partial charge on any atom is -0.443 e. The maximum atomic E-state index is 11.9. The van der Waals surface area contributed by atoms with Crippen LogP contribution < -0.4 is 15.5 Å². The zero-order chi connectivity index (χ0) is 16.7. The Hall–Kier alpha value is -1.40.